The van der Waals surface area contributed by atoms with Crippen LogP contribution in [0.1, 0.15) is 11.1 Å². The van der Waals surface area contributed by atoms with E-state index in [0.717, 1.165) is 22.2 Å². The van der Waals surface area contributed by atoms with Crippen molar-refractivity contribution in [2.24, 2.45) is 0 Å². The number of imidazole rings is 1. The van der Waals surface area contributed by atoms with Gasteiger partial charge >= 0.3 is 6.18 Å². The Morgan fingerprint density at radius 1 is 1.03 bits per heavy atom. The molecule has 0 fully saturated rings. The fourth-order valence-electron chi connectivity index (χ4n) is 2.82. The number of hydrogen-bond acceptors (Lipinski definition) is 4. The number of pyridine rings is 1. The van der Waals surface area contributed by atoms with Gasteiger partial charge < -0.3 is 8.92 Å². The van der Waals surface area contributed by atoms with Gasteiger partial charge in [-0.2, -0.15) is 18.2 Å². The Labute approximate surface area is 182 Å². The van der Waals surface area contributed by atoms with E-state index in [0.29, 0.717) is 22.0 Å². The van der Waals surface area contributed by atoms with E-state index in [-0.39, 0.29) is 28.1 Å². The predicted molar refractivity (Wildman–Crippen MR) is 108 cm³/mol. The second-order valence-corrected chi connectivity index (χ2v) is 7.49. The summed E-state index contributed by atoms with van der Waals surface area (Å²) in [7, 11) is 0. The number of nitrogens with zero attached hydrogens (tertiary/aromatic N) is 4. The Bertz CT molecular complexity index is 1280. The first-order valence-electron chi connectivity index (χ1n) is 8.36. The Morgan fingerprint density at radius 2 is 1.80 bits per heavy atom. The fourth-order valence-corrected chi connectivity index (χ4v) is 3.59. The zero-order valence-corrected chi connectivity index (χ0v) is 17.1. The first-order chi connectivity index (χ1) is 14.2. The van der Waals surface area contributed by atoms with Gasteiger partial charge in [0.1, 0.15) is 5.69 Å². The standard InChI is InChI=1S/C19H10Cl3F3N4O/c1-2-3-9-4-13(21)11(6-12(9)20)16-27-18(30-28-16)15-8-29-7-10(19(23,24)25)5-14(22)17(29)26-15/h2,4-8H,1,3H2. The van der Waals surface area contributed by atoms with Crippen LogP contribution in [0, 0.1) is 0 Å². The number of hydrogen-bond donors (Lipinski definition) is 0. The van der Waals surface area contributed by atoms with Crippen LogP contribution >= 0.6 is 34.8 Å². The van der Waals surface area contributed by atoms with Gasteiger partial charge in [0.2, 0.25) is 5.82 Å². The SMILES string of the molecule is C=CCc1cc(Cl)c(-c2noc(-c3cn4cc(C(F)(F)F)cc(Cl)c4n3)n2)cc1Cl. The second kappa shape index (κ2) is 7.61. The predicted octanol–water partition coefficient (Wildman–Crippen LogP) is 6.76. The van der Waals surface area contributed by atoms with E-state index in [9.17, 15) is 13.2 Å². The number of alkyl halides is 3. The van der Waals surface area contributed by atoms with E-state index in [1.165, 1.54) is 6.20 Å². The first-order valence-corrected chi connectivity index (χ1v) is 9.49. The van der Waals surface area contributed by atoms with E-state index in [4.69, 9.17) is 39.3 Å². The minimum atomic E-state index is -4.55. The van der Waals surface area contributed by atoms with E-state index >= 15 is 0 Å². The van der Waals surface area contributed by atoms with Crippen LogP contribution in [0.2, 0.25) is 15.1 Å². The summed E-state index contributed by atoms with van der Waals surface area (Å²) in [4.78, 5) is 8.43. The molecule has 0 bridgehead atoms. The van der Waals surface area contributed by atoms with Crippen molar-refractivity contribution in [2.75, 3.05) is 0 Å². The van der Waals surface area contributed by atoms with Crippen molar-refractivity contribution < 1.29 is 17.7 Å². The third-order valence-corrected chi connectivity index (χ3v) is 5.16. The average molecular weight is 474 g/mol. The van der Waals surface area contributed by atoms with Crippen molar-refractivity contribution in [1.29, 1.82) is 0 Å². The zero-order chi connectivity index (χ0) is 21.6. The Kier molecular flexibility index (Phi) is 5.25. The summed E-state index contributed by atoms with van der Waals surface area (Å²) < 4.78 is 45.4. The molecule has 0 spiro atoms. The molecule has 0 saturated carbocycles. The third kappa shape index (κ3) is 3.78. The zero-order valence-electron chi connectivity index (χ0n) is 14.8. The summed E-state index contributed by atoms with van der Waals surface area (Å²) in [5.74, 6) is 0.141. The van der Waals surface area contributed by atoms with Gasteiger partial charge in [0.25, 0.3) is 5.89 Å². The van der Waals surface area contributed by atoms with Crippen LogP contribution in [0.4, 0.5) is 13.2 Å². The minimum absolute atomic E-state index is 0.0133. The highest BCUT2D eigenvalue weighted by Gasteiger charge is 2.32. The van der Waals surface area contributed by atoms with Crippen molar-refractivity contribution >= 4 is 40.4 Å². The summed E-state index contributed by atoms with van der Waals surface area (Å²) >= 11 is 18.5. The molecule has 0 aliphatic carbocycles. The number of benzene rings is 1. The smallest absolute Gasteiger partial charge is 0.332 e. The van der Waals surface area contributed by atoms with Crippen LogP contribution in [0.25, 0.3) is 28.6 Å². The van der Waals surface area contributed by atoms with Crippen molar-refractivity contribution in [2.45, 2.75) is 12.6 Å². The summed E-state index contributed by atoms with van der Waals surface area (Å²) in [6.45, 7) is 3.67. The topological polar surface area (TPSA) is 56.2 Å². The molecule has 5 nitrogen and oxygen atoms in total. The monoisotopic (exact) mass is 472 g/mol. The molecule has 0 N–H and O–H groups in total. The Balaban J connectivity index is 1.74. The summed E-state index contributed by atoms with van der Waals surface area (Å²) in [6.07, 6.45) is -0.117. The molecule has 30 heavy (non-hydrogen) atoms. The molecule has 0 unspecified atom stereocenters. The van der Waals surface area contributed by atoms with Gasteiger partial charge in [0.05, 0.1) is 15.6 Å². The summed E-state index contributed by atoms with van der Waals surface area (Å²) in [5, 5.41) is 4.53. The van der Waals surface area contributed by atoms with Crippen molar-refractivity contribution in [3.05, 3.63) is 69.4 Å². The molecule has 0 saturated heterocycles. The van der Waals surface area contributed by atoms with Crippen LogP contribution in [0.3, 0.4) is 0 Å². The van der Waals surface area contributed by atoms with Crippen molar-refractivity contribution in [3.8, 4) is 23.0 Å². The number of allylic oxidation sites excluding steroid dienone is 1. The van der Waals surface area contributed by atoms with E-state index in [1.54, 1.807) is 18.2 Å². The van der Waals surface area contributed by atoms with E-state index in [2.05, 4.69) is 21.7 Å². The highest BCUT2D eigenvalue weighted by molar-refractivity contribution is 6.35. The summed E-state index contributed by atoms with van der Waals surface area (Å²) in [6, 6.07) is 4.09. The molecule has 0 amide bonds. The fraction of sp³-hybridized carbons (Fsp3) is 0.105. The van der Waals surface area contributed by atoms with Crippen molar-refractivity contribution in [1.82, 2.24) is 19.5 Å². The van der Waals surface area contributed by atoms with Gasteiger partial charge in [-0.15, -0.1) is 6.58 Å². The van der Waals surface area contributed by atoms with Crippen LogP contribution < -0.4 is 0 Å². The lowest BCUT2D eigenvalue weighted by Gasteiger charge is -2.07. The van der Waals surface area contributed by atoms with Gasteiger partial charge in [-0.3, -0.25) is 0 Å². The largest absolute Gasteiger partial charge is 0.417 e. The number of aromatic nitrogens is 4. The van der Waals surface area contributed by atoms with Gasteiger partial charge in [0.15, 0.2) is 5.65 Å². The summed E-state index contributed by atoms with van der Waals surface area (Å²) in [5.41, 5.74) is 0.594. The minimum Gasteiger partial charge on any atom is -0.332 e. The average Bonchev–Trinajstić information content (AvgIpc) is 3.31. The van der Waals surface area contributed by atoms with Crippen molar-refractivity contribution in [3.63, 3.8) is 0 Å². The lowest BCUT2D eigenvalue weighted by Crippen LogP contribution is -2.06. The molecule has 3 heterocycles. The maximum atomic E-state index is 13.0. The van der Waals surface area contributed by atoms with Crippen LogP contribution in [-0.4, -0.2) is 19.5 Å². The molecule has 154 valence electrons. The quantitative estimate of drug-likeness (QED) is 0.307. The molecule has 1 aromatic carbocycles. The number of halogens is 6. The van der Waals surface area contributed by atoms with Crippen LogP contribution in [0.5, 0.6) is 0 Å². The molecule has 0 radical (unpaired) electrons. The van der Waals surface area contributed by atoms with Gasteiger partial charge in [-0.25, -0.2) is 4.98 Å². The molecule has 0 aliphatic heterocycles. The van der Waals surface area contributed by atoms with Gasteiger partial charge in [0, 0.05) is 23.0 Å². The van der Waals surface area contributed by atoms with Gasteiger partial charge in [-0.1, -0.05) is 46.0 Å². The van der Waals surface area contributed by atoms with E-state index < -0.39 is 11.7 Å². The maximum Gasteiger partial charge on any atom is 0.417 e. The Morgan fingerprint density at radius 3 is 2.50 bits per heavy atom. The Hall–Kier alpha value is -2.55. The highest BCUT2D eigenvalue weighted by atomic mass is 35.5. The lowest BCUT2D eigenvalue weighted by atomic mass is 10.1. The highest BCUT2D eigenvalue weighted by Crippen LogP contribution is 2.35. The molecule has 0 aliphatic rings. The second-order valence-electron chi connectivity index (χ2n) is 6.27. The molecule has 3 aromatic heterocycles. The molecule has 0 atom stereocenters. The number of rotatable bonds is 4. The number of fused-ring (bicyclic) bond motifs is 1. The molecule has 4 aromatic rings. The molecular formula is C19H10Cl3F3N4O. The maximum absolute atomic E-state index is 13.0. The molecule has 4 rings (SSSR count). The lowest BCUT2D eigenvalue weighted by molar-refractivity contribution is -0.137. The normalized spacial score (nSPS) is 11.9. The molecular weight excluding hydrogens is 464 g/mol. The first kappa shape index (κ1) is 20.7. The van der Waals surface area contributed by atoms with E-state index in [1.807, 2.05) is 0 Å². The van der Waals surface area contributed by atoms with Crippen LogP contribution in [0.15, 0.2) is 47.8 Å². The van der Waals surface area contributed by atoms with Gasteiger partial charge in [-0.05, 0) is 30.2 Å². The third-order valence-electron chi connectivity index (χ3n) is 4.22. The van der Waals surface area contributed by atoms with Crippen LogP contribution in [-0.2, 0) is 12.6 Å². The molecule has 11 heteroatoms.